The van der Waals surface area contributed by atoms with Crippen LogP contribution in [0.1, 0.15) is 11.5 Å². The highest BCUT2D eigenvalue weighted by molar-refractivity contribution is 5.60. The third kappa shape index (κ3) is 2.96. The molecule has 0 spiro atoms. The number of nitrogens with one attached hydrogen (secondary N) is 2. The van der Waals surface area contributed by atoms with Gasteiger partial charge < -0.3 is 15.0 Å². The summed E-state index contributed by atoms with van der Waals surface area (Å²) in [7, 11) is 3.61. The van der Waals surface area contributed by atoms with E-state index in [1.54, 1.807) is 7.11 Å². The molecule has 0 aliphatic heterocycles. The minimum Gasteiger partial charge on any atom is -0.383 e. The van der Waals surface area contributed by atoms with Crippen LogP contribution in [0.2, 0.25) is 0 Å². The van der Waals surface area contributed by atoms with Crippen molar-refractivity contribution in [3.63, 3.8) is 0 Å². The predicted octanol–water partition coefficient (Wildman–Crippen LogP) is 0.855. The lowest BCUT2D eigenvalue weighted by Crippen LogP contribution is -2.19. The van der Waals surface area contributed by atoms with Gasteiger partial charge in [0.25, 0.3) is 0 Å². The van der Waals surface area contributed by atoms with Gasteiger partial charge >= 0.3 is 0 Å². The van der Waals surface area contributed by atoms with Crippen LogP contribution in [0.15, 0.2) is 12.4 Å². The van der Waals surface area contributed by atoms with Crippen molar-refractivity contribution in [2.75, 3.05) is 20.3 Å². The molecule has 2 N–H and O–H groups in total. The standard InChI is InChI=1S/C12H19N5O/c1-9-10(8-17(2)16-9)11-6-14-12(15-11)7-13-4-5-18-3/h6,8,13H,4-5,7H2,1-3H3,(H,14,15). The summed E-state index contributed by atoms with van der Waals surface area (Å²) in [4.78, 5) is 7.64. The van der Waals surface area contributed by atoms with Crippen molar-refractivity contribution in [2.45, 2.75) is 13.5 Å². The van der Waals surface area contributed by atoms with Gasteiger partial charge in [-0.25, -0.2) is 4.98 Å². The van der Waals surface area contributed by atoms with Gasteiger partial charge in [-0.15, -0.1) is 0 Å². The largest absolute Gasteiger partial charge is 0.383 e. The van der Waals surface area contributed by atoms with E-state index in [1.165, 1.54) is 0 Å². The van der Waals surface area contributed by atoms with E-state index in [4.69, 9.17) is 4.74 Å². The van der Waals surface area contributed by atoms with E-state index in [9.17, 15) is 0 Å². The van der Waals surface area contributed by atoms with Crippen molar-refractivity contribution in [3.8, 4) is 11.3 Å². The summed E-state index contributed by atoms with van der Waals surface area (Å²) in [6.07, 6.45) is 3.84. The fourth-order valence-electron chi connectivity index (χ4n) is 1.83. The number of hydrogen-bond donors (Lipinski definition) is 2. The van der Waals surface area contributed by atoms with E-state index in [1.807, 2.05) is 31.0 Å². The van der Waals surface area contributed by atoms with Gasteiger partial charge in [-0.2, -0.15) is 5.10 Å². The van der Waals surface area contributed by atoms with Crippen LogP contribution in [0.25, 0.3) is 11.3 Å². The maximum atomic E-state index is 4.97. The first-order valence-corrected chi connectivity index (χ1v) is 5.95. The number of imidazole rings is 1. The van der Waals surface area contributed by atoms with Crippen LogP contribution < -0.4 is 5.32 Å². The predicted molar refractivity (Wildman–Crippen MR) is 69.1 cm³/mol. The molecule has 2 rings (SSSR count). The second kappa shape index (κ2) is 5.79. The monoisotopic (exact) mass is 249 g/mol. The number of rotatable bonds is 6. The van der Waals surface area contributed by atoms with E-state index in [2.05, 4.69) is 20.4 Å². The molecule has 0 saturated carbocycles. The number of hydrogen-bond acceptors (Lipinski definition) is 4. The number of aryl methyl sites for hydroxylation is 2. The smallest absolute Gasteiger partial charge is 0.120 e. The van der Waals surface area contributed by atoms with E-state index in [-0.39, 0.29) is 0 Å². The summed E-state index contributed by atoms with van der Waals surface area (Å²) < 4.78 is 6.78. The number of aromatic amines is 1. The third-order valence-electron chi connectivity index (χ3n) is 2.71. The molecule has 6 heteroatoms. The van der Waals surface area contributed by atoms with E-state index in [0.717, 1.165) is 29.3 Å². The normalized spacial score (nSPS) is 11.1. The zero-order chi connectivity index (χ0) is 13.0. The Labute approximate surface area is 106 Å². The van der Waals surface area contributed by atoms with Crippen LogP contribution in [0, 0.1) is 6.92 Å². The molecule has 18 heavy (non-hydrogen) atoms. The summed E-state index contributed by atoms with van der Waals surface area (Å²) in [5, 5.41) is 7.57. The van der Waals surface area contributed by atoms with Gasteiger partial charge in [0, 0.05) is 32.5 Å². The SMILES string of the molecule is COCCNCc1ncc(-c2cn(C)nc2C)[nH]1. The molecule has 0 fully saturated rings. The van der Waals surface area contributed by atoms with Crippen molar-refractivity contribution in [2.24, 2.45) is 7.05 Å². The molecular weight excluding hydrogens is 230 g/mol. The van der Waals surface area contributed by atoms with Gasteiger partial charge in [-0.05, 0) is 6.92 Å². The Kier molecular flexibility index (Phi) is 4.11. The summed E-state index contributed by atoms with van der Waals surface area (Å²) in [5.74, 6) is 0.921. The van der Waals surface area contributed by atoms with E-state index in [0.29, 0.717) is 13.2 Å². The summed E-state index contributed by atoms with van der Waals surface area (Å²) in [5.41, 5.74) is 3.09. The molecular formula is C12H19N5O. The zero-order valence-electron chi connectivity index (χ0n) is 11.0. The van der Waals surface area contributed by atoms with Gasteiger partial charge in [0.15, 0.2) is 0 Å². The molecule has 0 saturated heterocycles. The Morgan fingerprint density at radius 1 is 1.50 bits per heavy atom. The zero-order valence-corrected chi connectivity index (χ0v) is 11.0. The lowest BCUT2D eigenvalue weighted by atomic mass is 10.2. The van der Waals surface area contributed by atoms with Gasteiger partial charge in [-0.1, -0.05) is 0 Å². The Balaban J connectivity index is 1.99. The molecule has 2 aromatic rings. The van der Waals surface area contributed by atoms with Gasteiger partial charge in [0.1, 0.15) is 5.82 Å². The highest BCUT2D eigenvalue weighted by atomic mass is 16.5. The number of methoxy groups -OCH3 is 1. The lowest BCUT2D eigenvalue weighted by Gasteiger charge is -2.00. The first-order chi connectivity index (χ1) is 8.70. The van der Waals surface area contributed by atoms with Gasteiger partial charge in [0.05, 0.1) is 30.7 Å². The maximum absolute atomic E-state index is 4.97. The lowest BCUT2D eigenvalue weighted by molar-refractivity contribution is 0.199. The molecule has 98 valence electrons. The molecule has 0 radical (unpaired) electrons. The maximum Gasteiger partial charge on any atom is 0.120 e. The van der Waals surface area contributed by atoms with Crippen molar-refractivity contribution in [1.29, 1.82) is 0 Å². The molecule has 6 nitrogen and oxygen atoms in total. The first kappa shape index (κ1) is 12.8. The minimum atomic E-state index is 0.704. The van der Waals surface area contributed by atoms with Crippen LogP contribution >= 0.6 is 0 Å². The van der Waals surface area contributed by atoms with Crippen LogP contribution in [-0.4, -0.2) is 40.0 Å². The fourth-order valence-corrected chi connectivity index (χ4v) is 1.83. The second-order valence-corrected chi connectivity index (χ2v) is 4.21. The molecule has 0 amide bonds. The molecule has 0 unspecified atom stereocenters. The molecule has 2 heterocycles. The Morgan fingerprint density at radius 3 is 3.00 bits per heavy atom. The minimum absolute atomic E-state index is 0.704. The highest BCUT2D eigenvalue weighted by Crippen LogP contribution is 2.19. The fraction of sp³-hybridized carbons (Fsp3) is 0.500. The Hall–Kier alpha value is -1.66. The van der Waals surface area contributed by atoms with Crippen LogP contribution in [0.4, 0.5) is 0 Å². The molecule has 0 aliphatic carbocycles. The van der Waals surface area contributed by atoms with Gasteiger partial charge in [-0.3, -0.25) is 4.68 Å². The molecule has 0 atom stereocenters. The average molecular weight is 249 g/mol. The topological polar surface area (TPSA) is 67.8 Å². The number of aromatic nitrogens is 4. The third-order valence-corrected chi connectivity index (χ3v) is 2.71. The second-order valence-electron chi connectivity index (χ2n) is 4.21. The van der Waals surface area contributed by atoms with E-state index < -0.39 is 0 Å². The molecule has 0 aromatic carbocycles. The molecule has 2 aromatic heterocycles. The van der Waals surface area contributed by atoms with Crippen LogP contribution in [0.5, 0.6) is 0 Å². The highest BCUT2D eigenvalue weighted by Gasteiger charge is 2.08. The first-order valence-electron chi connectivity index (χ1n) is 5.95. The number of nitrogens with zero attached hydrogens (tertiary/aromatic N) is 3. The van der Waals surface area contributed by atoms with Gasteiger partial charge in [0.2, 0.25) is 0 Å². The quantitative estimate of drug-likeness (QED) is 0.745. The van der Waals surface area contributed by atoms with Crippen LogP contribution in [0.3, 0.4) is 0 Å². The number of ether oxygens (including phenoxy) is 1. The van der Waals surface area contributed by atoms with Crippen molar-refractivity contribution in [1.82, 2.24) is 25.1 Å². The van der Waals surface area contributed by atoms with Crippen molar-refractivity contribution >= 4 is 0 Å². The molecule has 0 aliphatic rings. The van der Waals surface area contributed by atoms with Crippen molar-refractivity contribution in [3.05, 3.63) is 23.9 Å². The Morgan fingerprint density at radius 2 is 2.33 bits per heavy atom. The van der Waals surface area contributed by atoms with Crippen molar-refractivity contribution < 1.29 is 4.74 Å². The molecule has 0 bridgehead atoms. The van der Waals surface area contributed by atoms with Crippen LogP contribution in [-0.2, 0) is 18.3 Å². The van der Waals surface area contributed by atoms with E-state index >= 15 is 0 Å². The Bertz CT molecular complexity index is 502. The summed E-state index contributed by atoms with van der Waals surface area (Å²) >= 11 is 0. The summed E-state index contributed by atoms with van der Waals surface area (Å²) in [6.45, 7) is 4.23. The number of H-pyrrole nitrogens is 1. The average Bonchev–Trinajstić information content (AvgIpc) is 2.91. The summed E-state index contributed by atoms with van der Waals surface area (Å²) in [6, 6.07) is 0.